The molecule has 94 valence electrons. The average molecular weight is 246 g/mol. The van der Waals surface area contributed by atoms with Gasteiger partial charge in [0.05, 0.1) is 6.42 Å². The van der Waals surface area contributed by atoms with E-state index in [1.165, 1.54) is 0 Å². The topological polar surface area (TPSA) is 75.3 Å². The first-order chi connectivity index (χ1) is 8.63. The molecule has 5 heteroatoms. The van der Waals surface area contributed by atoms with E-state index in [4.69, 9.17) is 0 Å². The summed E-state index contributed by atoms with van der Waals surface area (Å²) in [6, 6.07) is 8.21. The second-order valence-electron chi connectivity index (χ2n) is 4.32. The van der Waals surface area contributed by atoms with Crippen LogP contribution < -0.4 is 10.6 Å². The first kappa shape index (κ1) is 12.3. The largest absolute Gasteiger partial charge is 0.334 e. The van der Waals surface area contributed by atoms with Crippen molar-refractivity contribution in [2.45, 2.75) is 25.3 Å². The molecule has 0 bridgehead atoms. The zero-order valence-corrected chi connectivity index (χ0v) is 9.81. The van der Waals surface area contributed by atoms with Gasteiger partial charge >= 0.3 is 6.03 Å². The monoisotopic (exact) mass is 246 g/mol. The van der Waals surface area contributed by atoms with Gasteiger partial charge in [0.1, 0.15) is 11.6 Å². The Morgan fingerprint density at radius 1 is 1.06 bits per heavy atom. The summed E-state index contributed by atoms with van der Waals surface area (Å²) < 4.78 is 0. The molecule has 0 unspecified atom stereocenters. The Morgan fingerprint density at radius 3 is 2.28 bits per heavy atom. The summed E-state index contributed by atoms with van der Waals surface area (Å²) in [6.45, 7) is 0. The van der Waals surface area contributed by atoms with Crippen molar-refractivity contribution in [1.82, 2.24) is 5.32 Å². The van der Waals surface area contributed by atoms with Gasteiger partial charge in [-0.1, -0.05) is 18.2 Å². The van der Waals surface area contributed by atoms with Gasteiger partial charge in [-0.2, -0.15) is 0 Å². The third-order valence-electron chi connectivity index (χ3n) is 2.71. The number of carbonyl (C=O) groups is 3. The molecule has 1 aliphatic rings. The van der Waals surface area contributed by atoms with Crippen molar-refractivity contribution in [2.24, 2.45) is 0 Å². The number of carbonyl (C=O) groups excluding carboxylic acids is 3. The van der Waals surface area contributed by atoms with Crippen LogP contribution in [-0.4, -0.2) is 23.6 Å². The lowest BCUT2D eigenvalue weighted by molar-refractivity contribution is -0.130. The molecule has 0 aromatic heterocycles. The molecule has 18 heavy (non-hydrogen) atoms. The Balaban J connectivity index is 1.88. The smallest absolute Gasteiger partial charge is 0.319 e. The number of benzene rings is 1. The fourth-order valence-electron chi connectivity index (χ4n) is 1.96. The highest BCUT2D eigenvalue weighted by Crippen LogP contribution is 2.12. The summed E-state index contributed by atoms with van der Waals surface area (Å²) in [7, 11) is 0. The number of anilines is 1. The first-order valence-corrected chi connectivity index (χ1v) is 5.79. The predicted molar refractivity (Wildman–Crippen MR) is 66.2 cm³/mol. The normalized spacial score (nSPS) is 16.4. The van der Waals surface area contributed by atoms with E-state index >= 15 is 0 Å². The molecule has 2 N–H and O–H groups in total. The number of ketones is 2. The van der Waals surface area contributed by atoms with Crippen molar-refractivity contribution in [1.29, 1.82) is 0 Å². The lowest BCUT2D eigenvalue weighted by Gasteiger charge is -2.21. The molecule has 0 heterocycles. The lowest BCUT2D eigenvalue weighted by atomic mass is 9.93. The summed E-state index contributed by atoms with van der Waals surface area (Å²) in [5, 5.41) is 5.28. The van der Waals surface area contributed by atoms with Crippen molar-refractivity contribution in [3.8, 4) is 0 Å². The number of rotatable bonds is 2. The number of hydrogen-bond donors (Lipinski definition) is 2. The molecular formula is C13H14N2O3. The van der Waals surface area contributed by atoms with Gasteiger partial charge in [0, 0.05) is 24.6 Å². The van der Waals surface area contributed by atoms with Gasteiger partial charge in [-0.25, -0.2) is 4.79 Å². The van der Waals surface area contributed by atoms with E-state index < -0.39 is 6.03 Å². The Morgan fingerprint density at radius 2 is 1.67 bits per heavy atom. The second-order valence-corrected chi connectivity index (χ2v) is 4.32. The third kappa shape index (κ3) is 3.41. The van der Waals surface area contributed by atoms with Crippen LogP contribution in [0.4, 0.5) is 10.5 Å². The molecule has 0 atom stereocenters. The first-order valence-electron chi connectivity index (χ1n) is 5.79. The van der Waals surface area contributed by atoms with Crippen molar-refractivity contribution in [2.75, 3.05) is 5.32 Å². The van der Waals surface area contributed by atoms with Crippen LogP contribution in [0, 0.1) is 0 Å². The Kier molecular flexibility index (Phi) is 3.72. The van der Waals surface area contributed by atoms with Gasteiger partial charge in [-0.15, -0.1) is 0 Å². The van der Waals surface area contributed by atoms with Gasteiger partial charge in [0.25, 0.3) is 0 Å². The number of hydrogen-bond acceptors (Lipinski definition) is 3. The van der Waals surface area contributed by atoms with Crippen molar-refractivity contribution in [3.63, 3.8) is 0 Å². The van der Waals surface area contributed by atoms with Crippen LogP contribution in [0.5, 0.6) is 0 Å². The zero-order valence-electron chi connectivity index (χ0n) is 9.81. The Hall–Kier alpha value is -2.17. The summed E-state index contributed by atoms with van der Waals surface area (Å²) in [5.41, 5.74) is 0.670. The molecule has 1 fully saturated rings. The zero-order chi connectivity index (χ0) is 13.0. The minimum atomic E-state index is -0.395. The maximum Gasteiger partial charge on any atom is 0.319 e. The molecule has 1 aromatic carbocycles. The molecular weight excluding hydrogens is 232 g/mol. The van der Waals surface area contributed by atoms with E-state index in [-0.39, 0.29) is 36.9 Å². The third-order valence-corrected chi connectivity index (χ3v) is 2.71. The van der Waals surface area contributed by atoms with Crippen molar-refractivity contribution < 1.29 is 14.4 Å². The Bertz CT molecular complexity index is 454. The van der Waals surface area contributed by atoms with Crippen molar-refractivity contribution >= 4 is 23.3 Å². The fourth-order valence-corrected chi connectivity index (χ4v) is 1.96. The summed E-state index contributed by atoms with van der Waals surface area (Å²) in [6.07, 6.45) is 0.459. The van der Waals surface area contributed by atoms with Gasteiger partial charge in [0.2, 0.25) is 0 Å². The van der Waals surface area contributed by atoms with Crippen LogP contribution in [0.3, 0.4) is 0 Å². The molecule has 2 amide bonds. The van der Waals surface area contributed by atoms with Gasteiger partial charge in [0.15, 0.2) is 0 Å². The van der Waals surface area contributed by atoms with Gasteiger partial charge < -0.3 is 10.6 Å². The van der Waals surface area contributed by atoms with Crippen molar-refractivity contribution in [3.05, 3.63) is 30.3 Å². The molecule has 2 rings (SSSR count). The highest BCUT2D eigenvalue weighted by atomic mass is 16.2. The molecule has 1 saturated carbocycles. The minimum Gasteiger partial charge on any atom is -0.334 e. The van der Waals surface area contributed by atoms with E-state index in [9.17, 15) is 14.4 Å². The van der Waals surface area contributed by atoms with Crippen LogP contribution in [0.1, 0.15) is 19.3 Å². The fraction of sp³-hybridized carbons (Fsp3) is 0.308. The molecule has 0 spiro atoms. The van der Waals surface area contributed by atoms with E-state index in [0.29, 0.717) is 5.69 Å². The number of Topliss-reactive ketones (excluding diaryl/α,β-unsaturated/α-hetero) is 2. The number of nitrogens with one attached hydrogen (secondary N) is 2. The Labute approximate surface area is 105 Å². The SMILES string of the molecule is O=C1CC(=O)CC(NC(=O)Nc2ccccc2)C1. The second kappa shape index (κ2) is 5.44. The molecule has 0 aliphatic heterocycles. The van der Waals surface area contributed by atoms with E-state index in [2.05, 4.69) is 10.6 Å². The van der Waals surface area contributed by atoms with Crippen LogP contribution in [-0.2, 0) is 9.59 Å². The summed E-state index contributed by atoms with van der Waals surface area (Å²) in [5.74, 6) is -0.229. The molecule has 0 saturated heterocycles. The standard InChI is InChI=1S/C13H14N2O3/c16-11-6-10(7-12(17)8-11)15-13(18)14-9-4-2-1-3-5-9/h1-5,10H,6-8H2,(H2,14,15,18). The minimum absolute atomic E-state index is 0.00150. The maximum atomic E-state index is 11.6. The van der Waals surface area contributed by atoms with Crippen LogP contribution in [0.25, 0.3) is 0 Å². The van der Waals surface area contributed by atoms with Crippen LogP contribution in [0.2, 0.25) is 0 Å². The van der Waals surface area contributed by atoms with Gasteiger partial charge in [-0.05, 0) is 12.1 Å². The number of para-hydroxylation sites is 1. The molecule has 5 nitrogen and oxygen atoms in total. The lowest BCUT2D eigenvalue weighted by Crippen LogP contribution is -2.43. The highest BCUT2D eigenvalue weighted by molar-refractivity contribution is 6.02. The molecule has 1 aromatic rings. The predicted octanol–water partition coefficient (Wildman–Crippen LogP) is 1.50. The average Bonchev–Trinajstić information content (AvgIpc) is 2.28. The maximum absolute atomic E-state index is 11.6. The van der Waals surface area contributed by atoms with Gasteiger partial charge in [-0.3, -0.25) is 9.59 Å². The highest BCUT2D eigenvalue weighted by Gasteiger charge is 2.26. The van der Waals surface area contributed by atoms with E-state index in [0.717, 1.165) is 0 Å². The van der Waals surface area contributed by atoms with E-state index in [1.807, 2.05) is 18.2 Å². The quantitative estimate of drug-likeness (QED) is 0.776. The van der Waals surface area contributed by atoms with E-state index in [1.54, 1.807) is 12.1 Å². The van der Waals surface area contributed by atoms with Crippen LogP contribution >= 0.6 is 0 Å². The number of amides is 2. The molecule has 0 radical (unpaired) electrons. The summed E-state index contributed by atoms with van der Waals surface area (Å²) >= 11 is 0. The summed E-state index contributed by atoms with van der Waals surface area (Å²) in [4.78, 5) is 34.1. The molecule has 1 aliphatic carbocycles. The van der Waals surface area contributed by atoms with Crippen LogP contribution in [0.15, 0.2) is 30.3 Å². The number of urea groups is 1.